The van der Waals surface area contributed by atoms with Gasteiger partial charge in [-0.3, -0.25) is 9.10 Å². The molecule has 0 bridgehead atoms. The van der Waals surface area contributed by atoms with Crippen LogP contribution in [0.1, 0.15) is 28.8 Å². The van der Waals surface area contributed by atoms with E-state index in [4.69, 9.17) is 0 Å². The van der Waals surface area contributed by atoms with E-state index in [9.17, 15) is 23.1 Å². The lowest BCUT2D eigenvalue weighted by molar-refractivity contribution is -0.312. The summed E-state index contributed by atoms with van der Waals surface area (Å²) in [6.07, 6.45) is 2.89. The van der Waals surface area contributed by atoms with Crippen LogP contribution in [0.3, 0.4) is 0 Å². The number of sulfonamides is 1. The van der Waals surface area contributed by atoms with Gasteiger partial charge in [-0.25, -0.2) is 8.42 Å². The second-order valence-electron chi connectivity index (χ2n) is 6.34. The van der Waals surface area contributed by atoms with E-state index in [1.165, 1.54) is 9.21 Å². The number of fused-ring (bicyclic) bond motifs is 1. The number of likely N-dealkylation sites (tertiary alicyclic amines) is 1. The van der Waals surface area contributed by atoms with E-state index in [-0.39, 0.29) is 12.5 Å². The quantitative estimate of drug-likeness (QED) is 0.739. The molecule has 1 amide bonds. The summed E-state index contributed by atoms with van der Waals surface area (Å²) < 4.78 is 24.8. The summed E-state index contributed by atoms with van der Waals surface area (Å²) in [5.74, 6) is -1.97. The number of benzene rings is 1. The van der Waals surface area contributed by atoms with Crippen molar-refractivity contribution in [2.75, 3.05) is 30.2 Å². The van der Waals surface area contributed by atoms with Crippen molar-refractivity contribution < 1.29 is 23.1 Å². The number of rotatable bonds is 3. The number of amides is 1. The van der Waals surface area contributed by atoms with Crippen LogP contribution < -0.4 is 9.41 Å². The Balaban J connectivity index is 1.81. The Hall–Kier alpha value is -2.09. The largest absolute Gasteiger partial charge is 0.550 e. The number of hydrogen-bond donors (Lipinski definition) is 0. The molecule has 1 aromatic carbocycles. The summed E-state index contributed by atoms with van der Waals surface area (Å²) in [5.41, 5.74) is 1.89. The number of anilines is 1. The molecule has 0 N–H and O–H groups in total. The van der Waals surface area contributed by atoms with E-state index in [0.29, 0.717) is 43.6 Å². The highest BCUT2D eigenvalue weighted by atomic mass is 32.2. The Morgan fingerprint density at radius 2 is 2.00 bits per heavy atom. The SMILES string of the molecule is CS(=O)(=O)N1CCc2cc(C(=O)N3CCC[C@H](C(=O)[O-])C3)ccc21. The Morgan fingerprint density at radius 3 is 2.67 bits per heavy atom. The fraction of sp³-hybridized carbons (Fsp3) is 0.500. The van der Waals surface area contributed by atoms with Crippen molar-refractivity contribution in [1.29, 1.82) is 0 Å². The van der Waals surface area contributed by atoms with Gasteiger partial charge in [-0.05, 0) is 43.0 Å². The molecule has 0 unspecified atom stereocenters. The van der Waals surface area contributed by atoms with E-state index in [2.05, 4.69) is 0 Å². The first-order valence-corrected chi connectivity index (χ1v) is 9.73. The van der Waals surface area contributed by atoms with Crippen molar-refractivity contribution in [2.24, 2.45) is 5.92 Å². The highest BCUT2D eigenvalue weighted by Gasteiger charge is 2.29. The first-order valence-electron chi connectivity index (χ1n) is 7.88. The molecular weight excluding hydrogens is 332 g/mol. The summed E-state index contributed by atoms with van der Waals surface area (Å²) in [4.78, 5) is 25.2. The van der Waals surface area contributed by atoms with Crippen LogP contribution in [-0.4, -0.2) is 51.1 Å². The maximum Gasteiger partial charge on any atom is 0.253 e. The third-order valence-corrected chi connectivity index (χ3v) is 5.80. The molecule has 1 atom stereocenters. The lowest BCUT2D eigenvalue weighted by atomic mass is 9.97. The topological polar surface area (TPSA) is 97.8 Å². The molecule has 0 radical (unpaired) electrons. The standard InChI is InChI=1S/C16H20N2O5S/c1-24(22,23)18-8-6-11-9-12(4-5-14(11)18)15(19)17-7-2-3-13(10-17)16(20)21/h4-5,9,13H,2-3,6-8,10H2,1H3,(H,20,21)/p-1/t13-/m0/s1. The average molecular weight is 351 g/mol. The van der Waals surface area contributed by atoms with E-state index < -0.39 is 21.9 Å². The molecule has 2 heterocycles. The van der Waals surface area contributed by atoms with Gasteiger partial charge in [0, 0.05) is 37.1 Å². The third kappa shape index (κ3) is 3.10. The molecule has 2 aliphatic rings. The van der Waals surface area contributed by atoms with Crippen molar-refractivity contribution in [3.05, 3.63) is 29.3 Å². The Labute approximate surface area is 140 Å². The highest BCUT2D eigenvalue weighted by Crippen LogP contribution is 2.31. The van der Waals surface area contributed by atoms with Gasteiger partial charge in [0.05, 0.1) is 11.9 Å². The van der Waals surface area contributed by atoms with Gasteiger partial charge in [-0.1, -0.05) is 0 Å². The van der Waals surface area contributed by atoms with Gasteiger partial charge >= 0.3 is 0 Å². The summed E-state index contributed by atoms with van der Waals surface area (Å²) in [6, 6.07) is 4.97. The molecule has 1 fully saturated rings. The van der Waals surface area contributed by atoms with E-state index in [1.807, 2.05) is 0 Å². The van der Waals surface area contributed by atoms with Gasteiger partial charge in [0.1, 0.15) is 0 Å². The average Bonchev–Trinajstić information content (AvgIpc) is 2.97. The van der Waals surface area contributed by atoms with Crippen LogP contribution in [0.15, 0.2) is 18.2 Å². The second-order valence-corrected chi connectivity index (χ2v) is 8.24. The van der Waals surface area contributed by atoms with Gasteiger partial charge in [-0.15, -0.1) is 0 Å². The third-order valence-electron chi connectivity index (χ3n) is 4.62. The van der Waals surface area contributed by atoms with Gasteiger partial charge in [-0.2, -0.15) is 0 Å². The van der Waals surface area contributed by atoms with E-state index in [0.717, 1.165) is 11.8 Å². The lowest BCUT2D eigenvalue weighted by Crippen LogP contribution is -2.46. The van der Waals surface area contributed by atoms with Crippen LogP contribution in [0.5, 0.6) is 0 Å². The molecule has 3 rings (SSSR count). The van der Waals surface area contributed by atoms with Crippen LogP contribution in [-0.2, 0) is 21.2 Å². The molecular formula is C16H19N2O5S-. The first kappa shape index (κ1) is 16.8. The van der Waals surface area contributed by atoms with Crippen molar-refractivity contribution in [3.63, 3.8) is 0 Å². The summed E-state index contributed by atoms with van der Waals surface area (Å²) in [6.45, 7) is 1.06. The minimum Gasteiger partial charge on any atom is -0.550 e. The van der Waals surface area contributed by atoms with E-state index >= 15 is 0 Å². The van der Waals surface area contributed by atoms with Crippen molar-refractivity contribution in [2.45, 2.75) is 19.3 Å². The number of carboxylic acids is 1. The number of carbonyl (C=O) groups is 2. The molecule has 2 aliphatic heterocycles. The minimum atomic E-state index is -3.32. The fourth-order valence-corrected chi connectivity index (χ4v) is 4.34. The molecule has 0 aromatic heterocycles. The molecule has 0 aliphatic carbocycles. The molecule has 0 spiro atoms. The zero-order chi connectivity index (χ0) is 17.5. The van der Waals surface area contributed by atoms with Crippen LogP contribution in [0.2, 0.25) is 0 Å². The molecule has 7 nitrogen and oxygen atoms in total. The Morgan fingerprint density at radius 1 is 1.25 bits per heavy atom. The second kappa shape index (κ2) is 6.08. The zero-order valence-electron chi connectivity index (χ0n) is 13.4. The van der Waals surface area contributed by atoms with Crippen LogP contribution >= 0.6 is 0 Å². The maximum absolute atomic E-state index is 12.6. The fourth-order valence-electron chi connectivity index (χ4n) is 3.39. The lowest BCUT2D eigenvalue weighted by Gasteiger charge is -2.33. The summed E-state index contributed by atoms with van der Waals surface area (Å²) >= 11 is 0. The highest BCUT2D eigenvalue weighted by molar-refractivity contribution is 7.92. The van der Waals surface area contributed by atoms with Crippen LogP contribution in [0.4, 0.5) is 5.69 Å². The Bertz CT molecular complexity index is 790. The number of carbonyl (C=O) groups excluding carboxylic acids is 2. The summed E-state index contributed by atoms with van der Waals surface area (Å²) in [7, 11) is -3.32. The van der Waals surface area contributed by atoms with Crippen molar-refractivity contribution in [3.8, 4) is 0 Å². The van der Waals surface area contributed by atoms with Gasteiger partial charge < -0.3 is 14.8 Å². The van der Waals surface area contributed by atoms with Gasteiger partial charge in [0.15, 0.2) is 0 Å². The molecule has 24 heavy (non-hydrogen) atoms. The predicted molar refractivity (Wildman–Crippen MR) is 86.0 cm³/mol. The summed E-state index contributed by atoms with van der Waals surface area (Å²) in [5, 5.41) is 11.0. The first-order chi connectivity index (χ1) is 11.3. The predicted octanol–water partition coefficient (Wildman–Crippen LogP) is -0.389. The normalized spacial score (nSPS) is 20.8. The Kier molecular flexibility index (Phi) is 4.25. The number of carboxylic acid groups (broad SMARTS) is 1. The number of nitrogens with zero attached hydrogens (tertiary/aromatic N) is 2. The van der Waals surface area contributed by atoms with Crippen molar-refractivity contribution in [1.82, 2.24) is 4.90 Å². The number of hydrogen-bond acceptors (Lipinski definition) is 5. The van der Waals surface area contributed by atoms with Crippen LogP contribution in [0, 0.1) is 5.92 Å². The molecule has 8 heteroatoms. The molecule has 1 saturated heterocycles. The smallest absolute Gasteiger partial charge is 0.253 e. The zero-order valence-corrected chi connectivity index (χ0v) is 14.2. The number of piperidine rings is 1. The van der Waals surface area contributed by atoms with Gasteiger partial charge in [0.2, 0.25) is 10.0 Å². The molecule has 0 saturated carbocycles. The maximum atomic E-state index is 12.6. The molecule has 130 valence electrons. The number of aliphatic carboxylic acids is 1. The van der Waals surface area contributed by atoms with Crippen LogP contribution in [0.25, 0.3) is 0 Å². The minimum absolute atomic E-state index is 0.160. The van der Waals surface area contributed by atoms with Gasteiger partial charge in [0.25, 0.3) is 5.91 Å². The molecule has 1 aromatic rings. The monoisotopic (exact) mass is 351 g/mol. The van der Waals surface area contributed by atoms with Crippen molar-refractivity contribution >= 4 is 27.6 Å². The van der Waals surface area contributed by atoms with E-state index in [1.54, 1.807) is 18.2 Å².